The predicted octanol–water partition coefficient (Wildman–Crippen LogP) is 3.35. The molecule has 4 aromatic rings. The average molecular weight is 400 g/mol. The third-order valence-corrected chi connectivity index (χ3v) is 4.49. The summed E-state index contributed by atoms with van der Waals surface area (Å²) < 4.78 is 14.5. The maximum Gasteiger partial charge on any atom is 0.292 e. The van der Waals surface area contributed by atoms with Crippen LogP contribution in [0, 0.1) is 5.82 Å². The molecular weight excluding hydrogens is 383 g/mol. The molecule has 30 heavy (non-hydrogen) atoms. The Hall–Kier alpha value is -4.13. The lowest BCUT2D eigenvalue weighted by molar-refractivity contribution is 0.0949. The molecule has 0 aliphatic carbocycles. The van der Waals surface area contributed by atoms with Crippen molar-refractivity contribution in [3.8, 4) is 0 Å². The van der Waals surface area contributed by atoms with Gasteiger partial charge in [0.1, 0.15) is 5.82 Å². The van der Waals surface area contributed by atoms with Gasteiger partial charge in [0.25, 0.3) is 11.5 Å². The monoisotopic (exact) mass is 400 g/mol. The first-order chi connectivity index (χ1) is 14.6. The zero-order chi connectivity index (χ0) is 20.9. The van der Waals surface area contributed by atoms with Crippen LogP contribution in [0.3, 0.4) is 0 Å². The van der Waals surface area contributed by atoms with E-state index in [2.05, 4.69) is 15.6 Å². The maximum atomic E-state index is 13.3. The Morgan fingerprint density at radius 2 is 1.73 bits per heavy atom. The minimum atomic E-state index is -0.569. The van der Waals surface area contributed by atoms with Gasteiger partial charge in [0.2, 0.25) is 0 Å². The van der Waals surface area contributed by atoms with Crippen LogP contribution in [0.4, 0.5) is 4.39 Å². The molecule has 0 aliphatic rings. The quantitative estimate of drug-likeness (QED) is 0.412. The third kappa shape index (κ3) is 4.15. The van der Waals surface area contributed by atoms with Crippen molar-refractivity contribution in [2.75, 3.05) is 0 Å². The van der Waals surface area contributed by atoms with E-state index in [0.29, 0.717) is 16.3 Å². The van der Waals surface area contributed by atoms with E-state index in [9.17, 15) is 14.0 Å². The Bertz CT molecular complexity index is 1300. The summed E-state index contributed by atoms with van der Waals surface area (Å²) in [5, 5.41) is 9.00. The lowest BCUT2D eigenvalue weighted by atomic mass is 10.1. The van der Waals surface area contributed by atoms with Crippen molar-refractivity contribution in [1.29, 1.82) is 0 Å². The second-order valence-corrected chi connectivity index (χ2v) is 6.60. The molecule has 1 amide bonds. The van der Waals surface area contributed by atoms with Crippen molar-refractivity contribution in [2.45, 2.75) is 6.54 Å². The van der Waals surface area contributed by atoms with Gasteiger partial charge in [-0.05, 0) is 29.3 Å². The topological polar surface area (TPSA) is 76.3 Å². The van der Waals surface area contributed by atoms with Crippen LogP contribution in [-0.4, -0.2) is 21.9 Å². The first kappa shape index (κ1) is 19.2. The molecule has 0 atom stereocenters. The number of hydrogen-bond donors (Lipinski definition) is 1. The summed E-state index contributed by atoms with van der Waals surface area (Å²) in [7, 11) is 0. The highest BCUT2D eigenvalue weighted by Gasteiger charge is 2.16. The molecule has 1 aromatic heterocycles. The summed E-state index contributed by atoms with van der Waals surface area (Å²) in [5.74, 6) is -0.966. The Balaban J connectivity index is 1.67. The Kier molecular flexibility index (Phi) is 5.43. The molecule has 1 N–H and O–H groups in total. The van der Waals surface area contributed by atoms with E-state index < -0.39 is 11.7 Å². The smallest absolute Gasteiger partial charge is 0.267 e. The first-order valence-electron chi connectivity index (χ1n) is 9.24. The SMILES string of the molecule is O=C(NN=Cc1cccc(F)c1)c1nn(Cc2ccccc2)c(=O)c2ccccc12. The van der Waals surface area contributed by atoms with Crippen LogP contribution in [0.1, 0.15) is 21.6 Å². The fraction of sp³-hybridized carbons (Fsp3) is 0.0435. The largest absolute Gasteiger partial charge is 0.292 e. The summed E-state index contributed by atoms with van der Waals surface area (Å²) in [4.78, 5) is 25.6. The molecule has 0 saturated carbocycles. The van der Waals surface area contributed by atoms with Crippen LogP contribution < -0.4 is 11.0 Å². The van der Waals surface area contributed by atoms with Gasteiger partial charge in [-0.15, -0.1) is 0 Å². The normalized spacial score (nSPS) is 11.1. The molecule has 0 aliphatic heterocycles. The molecule has 7 heteroatoms. The van der Waals surface area contributed by atoms with Gasteiger partial charge in [-0.1, -0.05) is 60.7 Å². The van der Waals surface area contributed by atoms with E-state index in [1.54, 1.807) is 36.4 Å². The lowest BCUT2D eigenvalue weighted by Gasteiger charge is -2.10. The highest BCUT2D eigenvalue weighted by Crippen LogP contribution is 2.14. The van der Waals surface area contributed by atoms with Crippen molar-refractivity contribution in [1.82, 2.24) is 15.2 Å². The summed E-state index contributed by atoms with van der Waals surface area (Å²) in [6.45, 7) is 0.233. The zero-order valence-corrected chi connectivity index (χ0v) is 15.8. The van der Waals surface area contributed by atoms with E-state index >= 15 is 0 Å². The van der Waals surface area contributed by atoms with Gasteiger partial charge in [-0.2, -0.15) is 10.2 Å². The number of halogens is 1. The number of amides is 1. The van der Waals surface area contributed by atoms with Crippen molar-refractivity contribution in [3.63, 3.8) is 0 Å². The predicted molar refractivity (Wildman–Crippen MR) is 113 cm³/mol. The molecule has 4 rings (SSSR count). The van der Waals surface area contributed by atoms with Gasteiger partial charge < -0.3 is 0 Å². The minimum Gasteiger partial charge on any atom is -0.267 e. The lowest BCUT2D eigenvalue weighted by Crippen LogP contribution is -2.29. The van der Waals surface area contributed by atoms with Crippen LogP contribution in [-0.2, 0) is 6.54 Å². The van der Waals surface area contributed by atoms with E-state index in [0.717, 1.165) is 5.56 Å². The number of carbonyl (C=O) groups excluding carboxylic acids is 1. The van der Waals surface area contributed by atoms with Gasteiger partial charge in [0.15, 0.2) is 5.69 Å². The standard InChI is InChI=1S/C23H17FN4O2/c24-18-10-6-9-17(13-18)14-25-26-22(29)21-19-11-4-5-12-20(19)23(30)28(27-21)15-16-7-2-1-3-8-16/h1-14H,15H2,(H,26,29). The van der Waals surface area contributed by atoms with Crippen LogP contribution >= 0.6 is 0 Å². The molecule has 0 radical (unpaired) electrons. The molecule has 0 unspecified atom stereocenters. The van der Waals surface area contributed by atoms with Crippen molar-refractivity contribution < 1.29 is 9.18 Å². The molecule has 3 aromatic carbocycles. The highest BCUT2D eigenvalue weighted by atomic mass is 19.1. The second-order valence-electron chi connectivity index (χ2n) is 6.60. The zero-order valence-electron chi connectivity index (χ0n) is 15.8. The Morgan fingerprint density at radius 3 is 2.50 bits per heavy atom. The highest BCUT2D eigenvalue weighted by molar-refractivity contribution is 6.04. The maximum absolute atomic E-state index is 13.3. The van der Waals surface area contributed by atoms with Crippen LogP contribution in [0.2, 0.25) is 0 Å². The number of nitrogens with one attached hydrogen (secondary N) is 1. The molecule has 0 spiro atoms. The Morgan fingerprint density at radius 1 is 1.00 bits per heavy atom. The summed E-state index contributed by atoms with van der Waals surface area (Å²) >= 11 is 0. The molecule has 0 saturated heterocycles. The van der Waals surface area contributed by atoms with Gasteiger partial charge in [0, 0.05) is 5.39 Å². The number of fused-ring (bicyclic) bond motifs is 1. The summed E-state index contributed by atoms with van der Waals surface area (Å²) in [6.07, 6.45) is 1.34. The van der Waals surface area contributed by atoms with E-state index in [4.69, 9.17) is 0 Å². The minimum absolute atomic E-state index is 0.0810. The molecule has 0 bridgehead atoms. The van der Waals surface area contributed by atoms with Crippen LogP contribution in [0.25, 0.3) is 10.8 Å². The van der Waals surface area contributed by atoms with E-state index in [1.807, 2.05) is 30.3 Å². The molecule has 6 nitrogen and oxygen atoms in total. The fourth-order valence-corrected chi connectivity index (χ4v) is 3.07. The van der Waals surface area contributed by atoms with Gasteiger partial charge in [-0.25, -0.2) is 14.5 Å². The van der Waals surface area contributed by atoms with Gasteiger partial charge in [-0.3, -0.25) is 9.59 Å². The van der Waals surface area contributed by atoms with Crippen LogP contribution in [0.5, 0.6) is 0 Å². The average Bonchev–Trinajstić information content (AvgIpc) is 2.76. The van der Waals surface area contributed by atoms with Crippen molar-refractivity contribution in [3.05, 3.63) is 112 Å². The number of hydrogen-bond acceptors (Lipinski definition) is 4. The van der Waals surface area contributed by atoms with E-state index in [1.165, 1.54) is 23.0 Å². The van der Waals surface area contributed by atoms with Crippen molar-refractivity contribution in [2.24, 2.45) is 5.10 Å². The van der Waals surface area contributed by atoms with E-state index in [-0.39, 0.29) is 17.8 Å². The molecule has 0 fully saturated rings. The molecule has 1 heterocycles. The molecule has 148 valence electrons. The number of carbonyl (C=O) groups is 1. The summed E-state index contributed by atoms with van der Waals surface area (Å²) in [6, 6.07) is 22.0. The fourth-order valence-electron chi connectivity index (χ4n) is 3.07. The number of hydrazone groups is 1. The molecular formula is C23H17FN4O2. The second kappa shape index (κ2) is 8.48. The number of benzene rings is 3. The Labute approximate surface area is 171 Å². The number of rotatable bonds is 5. The number of aromatic nitrogens is 2. The van der Waals surface area contributed by atoms with Crippen LogP contribution in [0.15, 0.2) is 88.8 Å². The third-order valence-electron chi connectivity index (χ3n) is 4.49. The van der Waals surface area contributed by atoms with Gasteiger partial charge in [0.05, 0.1) is 18.1 Å². The first-order valence-corrected chi connectivity index (χ1v) is 9.24. The number of nitrogens with zero attached hydrogens (tertiary/aromatic N) is 3. The van der Waals surface area contributed by atoms with Crippen molar-refractivity contribution >= 4 is 22.9 Å². The van der Waals surface area contributed by atoms with Gasteiger partial charge >= 0.3 is 0 Å². The summed E-state index contributed by atoms with van der Waals surface area (Å²) in [5.41, 5.74) is 3.59.